The number of nitrogens with zero attached hydrogens (tertiary/aromatic N) is 2. The molecule has 1 aromatic rings. The topological polar surface area (TPSA) is 53.4 Å². The SMILES string of the molecule is C=C1CN(c2ncccc2C(=O)O)C1. The van der Waals surface area contributed by atoms with Crippen LogP contribution in [0.15, 0.2) is 30.5 Å². The van der Waals surface area contributed by atoms with Crippen LogP contribution in [0.25, 0.3) is 0 Å². The van der Waals surface area contributed by atoms with Crippen molar-refractivity contribution in [2.24, 2.45) is 0 Å². The van der Waals surface area contributed by atoms with Gasteiger partial charge in [0.05, 0.1) is 0 Å². The fraction of sp³-hybridized carbons (Fsp3) is 0.200. The van der Waals surface area contributed by atoms with Crippen LogP contribution < -0.4 is 4.90 Å². The van der Waals surface area contributed by atoms with Gasteiger partial charge in [0.2, 0.25) is 0 Å². The number of aromatic nitrogens is 1. The minimum Gasteiger partial charge on any atom is -0.478 e. The van der Waals surface area contributed by atoms with Crippen LogP contribution in [0.2, 0.25) is 0 Å². The second kappa shape index (κ2) is 3.14. The van der Waals surface area contributed by atoms with Crippen LogP contribution in [0.5, 0.6) is 0 Å². The summed E-state index contributed by atoms with van der Waals surface area (Å²) in [5.74, 6) is -0.405. The summed E-state index contributed by atoms with van der Waals surface area (Å²) in [6.45, 7) is 5.21. The smallest absolute Gasteiger partial charge is 0.339 e. The highest BCUT2D eigenvalue weighted by Crippen LogP contribution is 2.24. The molecule has 4 nitrogen and oxygen atoms in total. The van der Waals surface area contributed by atoms with E-state index in [0.717, 1.165) is 5.57 Å². The number of rotatable bonds is 2. The lowest BCUT2D eigenvalue weighted by atomic mass is 10.1. The zero-order valence-corrected chi connectivity index (χ0v) is 7.60. The van der Waals surface area contributed by atoms with Gasteiger partial charge in [0.15, 0.2) is 0 Å². The number of pyridine rings is 1. The molecule has 1 aliphatic heterocycles. The lowest BCUT2D eigenvalue weighted by Crippen LogP contribution is -2.40. The van der Waals surface area contributed by atoms with Crippen LogP contribution in [-0.2, 0) is 0 Å². The lowest BCUT2D eigenvalue weighted by molar-refractivity contribution is 0.0697. The first kappa shape index (κ1) is 8.74. The Kier molecular flexibility index (Phi) is 1.96. The lowest BCUT2D eigenvalue weighted by Gasteiger charge is -2.34. The summed E-state index contributed by atoms with van der Waals surface area (Å²) < 4.78 is 0. The van der Waals surface area contributed by atoms with E-state index in [9.17, 15) is 4.79 Å². The molecule has 0 aliphatic carbocycles. The molecule has 0 bridgehead atoms. The summed E-state index contributed by atoms with van der Waals surface area (Å²) >= 11 is 0. The summed E-state index contributed by atoms with van der Waals surface area (Å²) in [6, 6.07) is 3.19. The van der Waals surface area contributed by atoms with Crippen molar-refractivity contribution in [3.63, 3.8) is 0 Å². The summed E-state index contributed by atoms with van der Waals surface area (Å²) in [7, 11) is 0. The third kappa shape index (κ3) is 1.35. The molecule has 4 heteroatoms. The van der Waals surface area contributed by atoms with Crippen molar-refractivity contribution in [2.75, 3.05) is 18.0 Å². The normalized spacial score (nSPS) is 15.1. The largest absolute Gasteiger partial charge is 0.478 e. The van der Waals surface area contributed by atoms with E-state index in [1.807, 2.05) is 4.90 Å². The fourth-order valence-electron chi connectivity index (χ4n) is 1.46. The highest BCUT2D eigenvalue weighted by molar-refractivity contribution is 5.93. The first-order chi connectivity index (χ1) is 6.68. The molecule has 0 unspecified atom stereocenters. The zero-order valence-electron chi connectivity index (χ0n) is 7.60. The van der Waals surface area contributed by atoms with Gasteiger partial charge < -0.3 is 10.0 Å². The third-order valence-electron chi connectivity index (χ3n) is 2.15. The Morgan fingerprint density at radius 2 is 2.29 bits per heavy atom. The average Bonchev–Trinajstić information content (AvgIpc) is 2.13. The molecule has 1 fully saturated rings. The Labute approximate surface area is 81.5 Å². The van der Waals surface area contributed by atoms with E-state index in [-0.39, 0.29) is 5.56 Å². The van der Waals surface area contributed by atoms with Gasteiger partial charge in [-0.3, -0.25) is 0 Å². The quantitative estimate of drug-likeness (QED) is 0.711. The summed E-state index contributed by atoms with van der Waals surface area (Å²) in [5.41, 5.74) is 1.35. The monoisotopic (exact) mass is 190 g/mol. The van der Waals surface area contributed by atoms with Crippen molar-refractivity contribution in [2.45, 2.75) is 0 Å². The van der Waals surface area contributed by atoms with Crippen molar-refractivity contribution < 1.29 is 9.90 Å². The van der Waals surface area contributed by atoms with Gasteiger partial charge in [-0.2, -0.15) is 0 Å². The summed E-state index contributed by atoms with van der Waals surface area (Å²) in [5, 5.41) is 8.91. The van der Waals surface area contributed by atoms with Crippen molar-refractivity contribution in [3.05, 3.63) is 36.0 Å². The Bertz CT molecular complexity index is 393. The minimum absolute atomic E-state index is 0.250. The van der Waals surface area contributed by atoms with Crippen LogP contribution in [0, 0.1) is 0 Å². The fourth-order valence-corrected chi connectivity index (χ4v) is 1.46. The van der Waals surface area contributed by atoms with Gasteiger partial charge in [-0.25, -0.2) is 9.78 Å². The molecule has 1 aliphatic rings. The average molecular weight is 190 g/mol. The number of carboxylic acids is 1. The molecule has 1 N–H and O–H groups in total. The molecule has 2 rings (SSSR count). The van der Waals surface area contributed by atoms with Crippen LogP contribution >= 0.6 is 0 Å². The highest BCUT2D eigenvalue weighted by Gasteiger charge is 2.24. The van der Waals surface area contributed by atoms with E-state index < -0.39 is 5.97 Å². The number of carbonyl (C=O) groups is 1. The summed E-state index contributed by atoms with van der Waals surface area (Å²) in [4.78, 5) is 16.8. The van der Waals surface area contributed by atoms with Gasteiger partial charge in [0, 0.05) is 19.3 Å². The molecule has 0 atom stereocenters. The van der Waals surface area contributed by atoms with Crippen LogP contribution in [-0.4, -0.2) is 29.1 Å². The molecule has 0 radical (unpaired) electrons. The van der Waals surface area contributed by atoms with Gasteiger partial charge in [-0.1, -0.05) is 6.58 Å². The number of carboxylic acid groups (broad SMARTS) is 1. The molecular weight excluding hydrogens is 180 g/mol. The van der Waals surface area contributed by atoms with E-state index >= 15 is 0 Å². The Balaban J connectivity index is 2.32. The van der Waals surface area contributed by atoms with Crippen molar-refractivity contribution in [1.29, 1.82) is 0 Å². The maximum atomic E-state index is 10.9. The maximum absolute atomic E-state index is 10.9. The second-order valence-electron chi connectivity index (χ2n) is 3.29. The van der Waals surface area contributed by atoms with E-state index in [4.69, 9.17) is 5.11 Å². The van der Waals surface area contributed by atoms with E-state index in [1.54, 1.807) is 18.3 Å². The number of anilines is 1. The van der Waals surface area contributed by atoms with Crippen molar-refractivity contribution >= 4 is 11.8 Å². The predicted molar refractivity (Wildman–Crippen MR) is 52.5 cm³/mol. The van der Waals surface area contributed by atoms with E-state index in [2.05, 4.69) is 11.6 Å². The number of hydrogen-bond donors (Lipinski definition) is 1. The Hall–Kier alpha value is -1.84. The molecule has 0 aromatic carbocycles. The Morgan fingerprint density at radius 1 is 1.57 bits per heavy atom. The van der Waals surface area contributed by atoms with E-state index in [1.165, 1.54) is 0 Å². The molecular formula is C10H10N2O2. The molecule has 1 aromatic heterocycles. The second-order valence-corrected chi connectivity index (χ2v) is 3.29. The molecule has 2 heterocycles. The highest BCUT2D eigenvalue weighted by atomic mass is 16.4. The molecule has 0 spiro atoms. The van der Waals surface area contributed by atoms with E-state index in [0.29, 0.717) is 18.9 Å². The van der Waals surface area contributed by atoms with Gasteiger partial charge in [0.1, 0.15) is 11.4 Å². The third-order valence-corrected chi connectivity index (χ3v) is 2.15. The zero-order chi connectivity index (χ0) is 10.1. The van der Waals surface area contributed by atoms with Gasteiger partial charge in [-0.05, 0) is 17.7 Å². The molecule has 72 valence electrons. The number of hydrogen-bond acceptors (Lipinski definition) is 3. The number of aromatic carboxylic acids is 1. The Morgan fingerprint density at radius 3 is 2.86 bits per heavy atom. The van der Waals surface area contributed by atoms with Gasteiger partial charge in [-0.15, -0.1) is 0 Å². The minimum atomic E-state index is -0.939. The predicted octanol–water partition coefficient (Wildman–Crippen LogP) is 1.16. The van der Waals surface area contributed by atoms with Crippen LogP contribution in [0.4, 0.5) is 5.82 Å². The van der Waals surface area contributed by atoms with Gasteiger partial charge in [0.25, 0.3) is 0 Å². The molecule has 14 heavy (non-hydrogen) atoms. The molecule has 0 amide bonds. The molecule has 1 saturated heterocycles. The van der Waals surface area contributed by atoms with Crippen molar-refractivity contribution in [3.8, 4) is 0 Å². The van der Waals surface area contributed by atoms with Crippen molar-refractivity contribution in [1.82, 2.24) is 4.98 Å². The first-order valence-electron chi connectivity index (χ1n) is 4.28. The van der Waals surface area contributed by atoms with Gasteiger partial charge >= 0.3 is 5.97 Å². The maximum Gasteiger partial charge on any atom is 0.339 e. The first-order valence-corrected chi connectivity index (χ1v) is 4.28. The van der Waals surface area contributed by atoms with Crippen LogP contribution in [0.3, 0.4) is 0 Å². The van der Waals surface area contributed by atoms with Crippen LogP contribution in [0.1, 0.15) is 10.4 Å². The molecule has 0 saturated carbocycles. The summed E-state index contributed by atoms with van der Waals surface area (Å²) in [6.07, 6.45) is 1.60. The standard InChI is InChI=1S/C10H10N2O2/c1-7-5-12(6-7)9-8(10(13)14)3-2-4-11-9/h2-4H,1,5-6H2,(H,13,14).